The molecule has 5 nitrogen and oxygen atoms in total. The minimum absolute atomic E-state index is 0.0926. The number of rotatable bonds is 6. The molecule has 2 atom stereocenters. The Morgan fingerprint density at radius 2 is 1.84 bits per heavy atom. The standard InChI is InChI=1S/C26H23BrN2O3/c1-3-14-31-21-11-6-18(7-12-21)26-29-24(22-15-19(27)8-13-25(22)32-26)16-23(28-29)17-4-9-20(30-2)10-5-17/h3-13,15,24,26H,1,14,16H2,2H3/t24-,26-/m1/s1. The molecule has 2 aliphatic heterocycles. The van der Waals surface area contributed by atoms with Crippen molar-refractivity contribution >= 4 is 21.6 Å². The maximum absolute atomic E-state index is 6.45. The van der Waals surface area contributed by atoms with Gasteiger partial charge >= 0.3 is 0 Å². The number of methoxy groups -OCH3 is 1. The predicted octanol–water partition coefficient (Wildman–Crippen LogP) is 6.26. The third-order valence-corrected chi connectivity index (χ3v) is 6.20. The number of hydrogen-bond acceptors (Lipinski definition) is 5. The Balaban J connectivity index is 1.51. The lowest BCUT2D eigenvalue weighted by Gasteiger charge is -2.38. The van der Waals surface area contributed by atoms with Gasteiger partial charge in [0, 0.05) is 22.0 Å². The molecule has 0 saturated heterocycles. The van der Waals surface area contributed by atoms with Gasteiger partial charge in [-0.2, -0.15) is 5.10 Å². The van der Waals surface area contributed by atoms with E-state index >= 15 is 0 Å². The van der Waals surface area contributed by atoms with Crippen LogP contribution in [0.15, 0.2) is 89.0 Å². The third-order valence-electron chi connectivity index (χ3n) is 5.71. The molecule has 3 aromatic carbocycles. The van der Waals surface area contributed by atoms with Gasteiger partial charge in [-0.3, -0.25) is 0 Å². The highest BCUT2D eigenvalue weighted by molar-refractivity contribution is 9.10. The number of halogens is 1. The number of nitrogens with zero attached hydrogens (tertiary/aromatic N) is 2. The summed E-state index contributed by atoms with van der Waals surface area (Å²) in [5.74, 6) is 2.52. The molecular formula is C26H23BrN2O3. The second-order valence-corrected chi connectivity index (χ2v) is 8.61. The summed E-state index contributed by atoms with van der Waals surface area (Å²) in [5.41, 5.74) is 4.27. The highest BCUT2D eigenvalue weighted by Crippen LogP contribution is 2.48. The van der Waals surface area contributed by atoms with Gasteiger partial charge in [0.05, 0.1) is 18.9 Å². The number of fused-ring (bicyclic) bond motifs is 3. The summed E-state index contributed by atoms with van der Waals surface area (Å²) in [6, 6.07) is 22.3. The molecule has 0 fully saturated rings. The van der Waals surface area contributed by atoms with Gasteiger partial charge in [-0.1, -0.05) is 28.6 Å². The van der Waals surface area contributed by atoms with Crippen LogP contribution in [0.4, 0.5) is 0 Å². The van der Waals surface area contributed by atoms with E-state index in [0.29, 0.717) is 6.61 Å². The van der Waals surface area contributed by atoms with Crippen LogP contribution in [0.2, 0.25) is 0 Å². The predicted molar refractivity (Wildman–Crippen MR) is 128 cm³/mol. The Morgan fingerprint density at radius 1 is 1.09 bits per heavy atom. The summed E-state index contributed by atoms with van der Waals surface area (Å²) in [6.07, 6.45) is 2.21. The Labute approximate surface area is 196 Å². The van der Waals surface area contributed by atoms with Crippen LogP contribution >= 0.6 is 15.9 Å². The molecular weight excluding hydrogens is 468 g/mol. The van der Waals surface area contributed by atoms with Crippen LogP contribution in [-0.2, 0) is 0 Å². The average Bonchev–Trinajstić information content (AvgIpc) is 3.29. The molecule has 0 saturated carbocycles. The smallest absolute Gasteiger partial charge is 0.213 e. The molecule has 2 aliphatic rings. The van der Waals surface area contributed by atoms with E-state index in [2.05, 4.69) is 45.7 Å². The molecule has 32 heavy (non-hydrogen) atoms. The van der Waals surface area contributed by atoms with E-state index in [-0.39, 0.29) is 12.3 Å². The summed E-state index contributed by atoms with van der Waals surface area (Å²) < 4.78 is 18.4. The molecule has 6 heteroatoms. The molecule has 0 aromatic heterocycles. The van der Waals surface area contributed by atoms with Crippen LogP contribution in [0.5, 0.6) is 17.2 Å². The fourth-order valence-corrected chi connectivity index (χ4v) is 4.50. The summed E-state index contributed by atoms with van der Waals surface area (Å²) in [4.78, 5) is 0. The van der Waals surface area contributed by atoms with Crippen LogP contribution in [0.3, 0.4) is 0 Å². The van der Waals surface area contributed by atoms with Crippen molar-refractivity contribution in [3.8, 4) is 17.2 Å². The molecule has 0 amide bonds. The molecule has 3 aromatic rings. The van der Waals surface area contributed by atoms with Crippen molar-refractivity contribution in [3.05, 3.63) is 101 Å². The van der Waals surface area contributed by atoms with E-state index in [1.54, 1.807) is 13.2 Å². The Kier molecular flexibility index (Phi) is 5.62. The van der Waals surface area contributed by atoms with Gasteiger partial charge < -0.3 is 14.2 Å². The highest BCUT2D eigenvalue weighted by atomic mass is 79.9. The summed E-state index contributed by atoms with van der Waals surface area (Å²) in [5, 5.41) is 7.10. The van der Waals surface area contributed by atoms with E-state index < -0.39 is 0 Å². The van der Waals surface area contributed by atoms with Crippen LogP contribution in [0.25, 0.3) is 0 Å². The molecule has 0 aliphatic carbocycles. The van der Waals surface area contributed by atoms with Crippen molar-refractivity contribution in [2.75, 3.05) is 13.7 Å². The molecule has 0 N–H and O–H groups in total. The van der Waals surface area contributed by atoms with Crippen molar-refractivity contribution in [1.29, 1.82) is 0 Å². The normalized spacial score (nSPS) is 18.8. The Hall–Kier alpha value is -3.25. The number of ether oxygens (including phenoxy) is 3. The summed E-state index contributed by atoms with van der Waals surface area (Å²) >= 11 is 3.61. The molecule has 0 spiro atoms. The van der Waals surface area contributed by atoms with Crippen molar-refractivity contribution in [2.45, 2.75) is 18.7 Å². The lowest BCUT2D eigenvalue weighted by Crippen LogP contribution is -2.33. The van der Waals surface area contributed by atoms with Gasteiger partial charge in [0.25, 0.3) is 0 Å². The minimum atomic E-state index is -0.321. The fourth-order valence-electron chi connectivity index (χ4n) is 4.12. The van der Waals surface area contributed by atoms with Gasteiger partial charge in [0.15, 0.2) is 0 Å². The Bertz CT molecular complexity index is 1160. The van der Waals surface area contributed by atoms with Gasteiger partial charge in [0.2, 0.25) is 6.23 Å². The first kappa shape index (κ1) is 20.6. The maximum Gasteiger partial charge on any atom is 0.213 e. The Morgan fingerprint density at radius 3 is 2.56 bits per heavy atom. The van der Waals surface area contributed by atoms with Crippen molar-refractivity contribution < 1.29 is 14.2 Å². The van der Waals surface area contributed by atoms with E-state index in [9.17, 15) is 0 Å². The molecule has 0 unspecified atom stereocenters. The van der Waals surface area contributed by atoms with Gasteiger partial charge in [-0.05, 0) is 72.3 Å². The molecule has 162 valence electrons. The number of hydrogen-bond donors (Lipinski definition) is 0. The first-order chi connectivity index (χ1) is 15.7. The van der Waals surface area contributed by atoms with Gasteiger partial charge in [-0.15, -0.1) is 0 Å². The lowest BCUT2D eigenvalue weighted by atomic mass is 9.96. The SMILES string of the molecule is C=CCOc1ccc([C@H]2Oc3ccc(Br)cc3[C@H]3CC(c4ccc(OC)cc4)=NN32)cc1. The monoisotopic (exact) mass is 490 g/mol. The van der Waals surface area contributed by atoms with E-state index in [1.807, 2.05) is 48.5 Å². The zero-order valence-corrected chi connectivity index (χ0v) is 19.3. The van der Waals surface area contributed by atoms with Crippen molar-refractivity contribution in [2.24, 2.45) is 5.10 Å². The van der Waals surface area contributed by atoms with E-state index in [1.165, 1.54) is 0 Å². The summed E-state index contributed by atoms with van der Waals surface area (Å²) in [7, 11) is 1.67. The minimum Gasteiger partial charge on any atom is -0.497 e. The maximum atomic E-state index is 6.45. The van der Waals surface area contributed by atoms with Crippen molar-refractivity contribution in [3.63, 3.8) is 0 Å². The second kappa shape index (κ2) is 8.71. The first-order valence-corrected chi connectivity index (χ1v) is 11.3. The van der Waals surface area contributed by atoms with Crippen LogP contribution in [0.1, 0.15) is 35.4 Å². The number of benzene rings is 3. The third kappa shape index (κ3) is 3.86. The zero-order chi connectivity index (χ0) is 22.1. The fraction of sp³-hybridized carbons (Fsp3) is 0.192. The van der Waals surface area contributed by atoms with E-state index in [4.69, 9.17) is 19.3 Å². The molecule has 5 rings (SSSR count). The molecule has 2 heterocycles. The quantitative estimate of drug-likeness (QED) is 0.382. The first-order valence-electron chi connectivity index (χ1n) is 10.5. The lowest BCUT2D eigenvalue weighted by molar-refractivity contribution is -0.0191. The molecule has 0 bridgehead atoms. The molecule has 0 radical (unpaired) electrons. The van der Waals surface area contributed by atoms with Crippen LogP contribution in [-0.4, -0.2) is 24.4 Å². The van der Waals surface area contributed by atoms with Gasteiger partial charge in [-0.25, -0.2) is 5.01 Å². The second-order valence-electron chi connectivity index (χ2n) is 7.70. The van der Waals surface area contributed by atoms with Crippen LogP contribution in [0, 0.1) is 0 Å². The zero-order valence-electron chi connectivity index (χ0n) is 17.7. The van der Waals surface area contributed by atoms with E-state index in [0.717, 1.165) is 50.5 Å². The topological polar surface area (TPSA) is 43.3 Å². The summed E-state index contributed by atoms with van der Waals surface area (Å²) in [6.45, 7) is 4.17. The average molecular weight is 491 g/mol. The van der Waals surface area contributed by atoms with Crippen molar-refractivity contribution in [1.82, 2.24) is 5.01 Å². The largest absolute Gasteiger partial charge is 0.497 e. The number of hydrazone groups is 1. The van der Waals surface area contributed by atoms with Gasteiger partial charge in [0.1, 0.15) is 23.9 Å². The highest BCUT2D eigenvalue weighted by Gasteiger charge is 2.41. The van der Waals surface area contributed by atoms with Crippen LogP contribution < -0.4 is 14.2 Å².